The molecule has 0 radical (unpaired) electrons. The van der Waals surface area contributed by atoms with Crippen LogP contribution in [-0.2, 0) is 5.75 Å². The topological polar surface area (TPSA) is 64.7 Å². The van der Waals surface area contributed by atoms with E-state index in [0.29, 0.717) is 15.9 Å². The van der Waals surface area contributed by atoms with Crippen LogP contribution in [0.15, 0.2) is 28.5 Å². The van der Waals surface area contributed by atoms with E-state index < -0.39 is 5.82 Å². The first-order chi connectivity index (χ1) is 9.11. The van der Waals surface area contributed by atoms with Crippen LogP contribution in [0, 0.1) is 5.82 Å². The van der Waals surface area contributed by atoms with Crippen LogP contribution in [0.5, 0.6) is 0 Å². The van der Waals surface area contributed by atoms with Gasteiger partial charge in [-0.15, -0.1) is 11.8 Å². The van der Waals surface area contributed by atoms with Crippen molar-refractivity contribution in [1.82, 2.24) is 15.0 Å². The lowest BCUT2D eigenvalue weighted by molar-refractivity contribution is 0.574. The first-order valence-electron chi connectivity index (χ1n) is 5.21. The standard InChI is InChI=1S/C11H10ClFN4S2/c1-18-10-8(13)9(14)16-11(17-10)19-5-7-6(12)3-2-4-15-7/h2-4H,5H2,1H3,(H2,14,16,17). The van der Waals surface area contributed by atoms with Gasteiger partial charge in [-0.3, -0.25) is 4.98 Å². The van der Waals surface area contributed by atoms with E-state index in [1.54, 1.807) is 24.6 Å². The summed E-state index contributed by atoms with van der Waals surface area (Å²) < 4.78 is 13.5. The Kier molecular flexibility index (Phi) is 4.84. The average molecular weight is 317 g/mol. The van der Waals surface area contributed by atoms with Crippen molar-refractivity contribution in [2.45, 2.75) is 15.9 Å². The van der Waals surface area contributed by atoms with Gasteiger partial charge in [0, 0.05) is 11.9 Å². The van der Waals surface area contributed by atoms with Crippen LogP contribution in [0.4, 0.5) is 10.2 Å². The van der Waals surface area contributed by atoms with E-state index >= 15 is 0 Å². The minimum atomic E-state index is -0.576. The van der Waals surface area contributed by atoms with Gasteiger partial charge in [-0.25, -0.2) is 9.97 Å². The number of anilines is 1. The molecule has 0 spiro atoms. The van der Waals surface area contributed by atoms with Crippen molar-refractivity contribution in [3.05, 3.63) is 34.9 Å². The van der Waals surface area contributed by atoms with Crippen molar-refractivity contribution < 1.29 is 4.39 Å². The molecule has 2 rings (SSSR count). The van der Waals surface area contributed by atoms with Crippen LogP contribution < -0.4 is 5.73 Å². The number of pyridine rings is 1. The zero-order valence-electron chi connectivity index (χ0n) is 9.93. The van der Waals surface area contributed by atoms with Crippen molar-refractivity contribution in [3.8, 4) is 0 Å². The molecule has 0 aliphatic rings. The highest BCUT2D eigenvalue weighted by Gasteiger charge is 2.12. The second-order valence-corrected chi connectivity index (χ2v) is 5.58. The van der Waals surface area contributed by atoms with Crippen molar-refractivity contribution in [2.24, 2.45) is 0 Å². The summed E-state index contributed by atoms with van der Waals surface area (Å²) in [6, 6.07) is 3.52. The summed E-state index contributed by atoms with van der Waals surface area (Å²) in [7, 11) is 0. The maximum Gasteiger partial charge on any atom is 0.197 e. The van der Waals surface area contributed by atoms with Crippen LogP contribution in [0.3, 0.4) is 0 Å². The summed E-state index contributed by atoms with van der Waals surface area (Å²) in [5.41, 5.74) is 6.23. The number of hydrogen-bond donors (Lipinski definition) is 1. The second-order valence-electron chi connectivity index (χ2n) is 3.44. The zero-order valence-corrected chi connectivity index (χ0v) is 12.3. The molecule has 0 aromatic carbocycles. The van der Waals surface area contributed by atoms with Crippen molar-refractivity contribution >= 4 is 40.9 Å². The van der Waals surface area contributed by atoms with E-state index in [1.807, 2.05) is 0 Å². The van der Waals surface area contributed by atoms with Gasteiger partial charge in [0.25, 0.3) is 0 Å². The molecule has 2 aromatic heterocycles. The van der Waals surface area contributed by atoms with Gasteiger partial charge in [-0.1, -0.05) is 23.4 Å². The molecule has 100 valence electrons. The van der Waals surface area contributed by atoms with Gasteiger partial charge in [0.1, 0.15) is 5.03 Å². The van der Waals surface area contributed by atoms with Crippen molar-refractivity contribution in [1.29, 1.82) is 0 Å². The molecule has 19 heavy (non-hydrogen) atoms. The third-order valence-electron chi connectivity index (χ3n) is 2.19. The summed E-state index contributed by atoms with van der Waals surface area (Å²) in [6.45, 7) is 0. The Morgan fingerprint density at radius 1 is 1.42 bits per heavy atom. The molecule has 0 bridgehead atoms. The Morgan fingerprint density at radius 3 is 2.89 bits per heavy atom. The van der Waals surface area contributed by atoms with E-state index in [1.165, 1.54) is 23.5 Å². The number of rotatable bonds is 4. The summed E-state index contributed by atoms with van der Waals surface area (Å²) >= 11 is 8.50. The monoisotopic (exact) mass is 316 g/mol. The van der Waals surface area contributed by atoms with E-state index in [2.05, 4.69) is 15.0 Å². The van der Waals surface area contributed by atoms with E-state index in [4.69, 9.17) is 17.3 Å². The Balaban J connectivity index is 2.16. The van der Waals surface area contributed by atoms with Crippen LogP contribution in [0.2, 0.25) is 5.02 Å². The number of thioether (sulfide) groups is 2. The molecule has 8 heteroatoms. The quantitative estimate of drug-likeness (QED) is 0.530. The van der Waals surface area contributed by atoms with Crippen molar-refractivity contribution in [2.75, 3.05) is 12.0 Å². The highest BCUT2D eigenvalue weighted by atomic mass is 35.5. The number of aromatic nitrogens is 3. The molecule has 2 N–H and O–H groups in total. The number of nitrogens with zero attached hydrogens (tertiary/aromatic N) is 3. The molecule has 0 amide bonds. The molecule has 0 unspecified atom stereocenters. The molecule has 2 heterocycles. The third kappa shape index (κ3) is 3.49. The molecular formula is C11H10ClFN4S2. The minimum Gasteiger partial charge on any atom is -0.381 e. The zero-order chi connectivity index (χ0) is 13.8. The SMILES string of the molecule is CSc1nc(SCc2ncccc2Cl)nc(N)c1F. The lowest BCUT2D eigenvalue weighted by Gasteiger charge is -2.05. The predicted octanol–water partition coefficient (Wildman–Crippen LogP) is 3.26. The molecule has 0 saturated carbocycles. The molecule has 0 atom stereocenters. The number of hydrogen-bond acceptors (Lipinski definition) is 6. The molecule has 0 aliphatic heterocycles. The van der Waals surface area contributed by atoms with Gasteiger partial charge < -0.3 is 5.73 Å². The van der Waals surface area contributed by atoms with Gasteiger partial charge in [-0.05, 0) is 18.4 Å². The van der Waals surface area contributed by atoms with Gasteiger partial charge in [0.05, 0.1) is 10.7 Å². The number of nitrogen functional groups attached to an aromatic ring is 1. The molecule has 0 saturated heterocycles. The van der Waals surface area contributed by atoms with Gasteiger partial charge >= 0.3 is 0 Å². The number of halogens is 2. The van der Waals surface area contributed by atoms with Gasteiger partial charge in [0.2, 0.25) is 0 Å². The number of nitrogens with two attached hydrogens (primary N) is 1. The fourth-order valence-electron chi connectivity index (χ4n) is 1.28. The highest BCUT2D eigenvalue weighted by Crippen LogP contribution is 2.27. The van der Waals surface area contributed by atoms with Crippen LogP contribution in [0.25, 0.3) is 0 Å². The molecule has 2 aromatic rings. The average Bonchev–Trinajstić information content (AvgIpc) is 2.41. The van der Waals surface area contributed by atoms with E-state index in [-0.39, 0.29) is 10.8 Å². The van der Waals surface area contributed by atoms with E-state index in [0.717, 1.165) is 5.69 Å². The lowest BCUT2D eigenvalue weighted by Crippen LogP contribution is -2.02. The fraction of sp³-hybridized carbons (Fsp3) is 0.182. The summed E-state index contributed by atoms with van der Waals surface area (Å²) in [5, 5.41) is 1.22. The normalized spacial score (nSPS) is 10.7. The van der Waals surface area contributed by atoms with Gasteiger partial charge in [-0.2, -0.15) is 4.39 Å². The third-order valence-corrected chi connectivity index (χ3v) is 4.05. The van der Waals surface area contributed by atoms with Crippen LogP contribution in [-0.4, -0.2) is 21.2 Å². The van der Waals surface area contributed by atoms with Crippen molar-refractivity contribution in [3.63, 3.8) is 0 Å². The fourth-order valence-corrected chi connectivity index (χ4v) is 2.88. The predicted molar refractivity (Wildman–Crippen MR) is 77.0 cm³/mol. The first-order valence-corrected chi connectivity index (χ1v) is 7.80. The lowest BCUT2D eigenvalue weighted by atomic mass is 10.4. The maximum absolute atomic E-state index is 13.5. The first kappa shape index (κ1) is 14.4. The molecular weight excluding hydrogens is 307 g/mol. The van der Waals surface area contributed by atoms with Crippen LogP contribution in [0.1, 0.15) is 5.69 Å². The van der Waals surface area contributed by atoms with Crippen LogP contribution >= 0.6 is 35.1 Å². The Labute approximate surface area is 123 Å². The minimum absolute atomic E-state index is 0.144. The molecule has 4 nitrogen and oxygen atoms in total. The Bertz CT molecular complexity index is 597. The molecule has 0 aliphatic carbocycles. The van der Waals surface area contributed by atoms with E-state index in [9.17, 15) is 4.39 Å². The highest BCUT2D eigenvalue weighted by molar-refractivity contribution is 7.99. The Morgan fingerprint density at radius 2 is 2.21 bits per heavy atom. The molecule has 0 fully saturated rings. The summed E-state index contributed by atoms with van der Waals surface area (Å²) in [4.78, 5) is 12.1. The largest absolute Gasteiger partial charge is 0.381 e. The smallest absolute Gasteiger partial charge is 0.197 e. The second kappa shape index (κ2) is 6.40. The summed E-state index contributed by atoms with van der Waals surface area (Å²) in [6.07, 6.45) is 3.39. The Hall–Kier alpha value is -1.05. The maximum atomic E-state index is 13.5. The summed E-state index contributed by atoms with van der Waals surface area (Å²) in [5.74, 6) is -0.222. The van der Waals surface area contributed by atoms with Gasteiger partial charge in [0.15, 0.2) is 16.8 Å².